The molecule has 1 aliphatic rings. The van der Waals surface area contributed by atoms with Gasteiger partial charge in [-0.15, -0.1) is 0 Å². The average Bonchev–Trinajstić information content (AvgIpc) is 2.93. The lowest BCUT2D eigenvalue weighted by Gasteiger charge is -2.36. The summed E-state index contributed by atoms with van der Waals surface area (Å²) in [4.78, 5) is 19.5. The maximum atomic E-state index is 12.5. The number of nitrogens with one attached hydrogen (secondary N) is 3. The van der Waals surface area contributed by atoms with E-state index >= 15 is 0 Å². The first kappa shape index (κ1) is 14.1. The first-order valence-corrected chi connectivity index (χ1v) is 7.23. The molecule has 2 heterocycles. The molecule has 1 amide bonds. The van der Waals surface area contributed by atoms with E-state index in [-0.39, 0.29) is 11.3 Å². The summed E-state index contributed by atoms with van der Waals surface area (Å²) >= 11 is 0. The zero-order valence-electron chi connectivity index (χ0n) is 11.7. The van der Waals surface area contributed by atoms with Gasteiger partial charge in [0.1, 0.15) is 0 Å². The number of H-pyrrole nitrogens is 1. The Bertz CT molecular complexity index is 377. The second-order valence-electron chi connectivity index (χ2n) is 5.36. The number of nitrogens with zero attached hydrogens (tertiary/aromatic N) is 1. The Morgan fingerprint density at radius 1 is 1.47 bits per heavy atom. The van der Waals surface area contributed by atoms with Gasteiger partial charge in [-0.25, -0.2) is 4.98 Å². The van der Waals surface area contributed by atoms with E-state index in [1.54, 1.807) is 12.5 Å². The van der Waals surface area contributed by atoms with Gasteiger partial charge in [0.15, 0.2) is 0 Å². The summed E-state index contributed by atoms with van der Waals surface area (Å²) in [6.07, 6.45) is 8.25. The number of hydrogen-bond acceptors (Lipinski definition) is 3. The van der Waals surface area contributed by atoms with Gasteiger partial charge >= 0.3 is 0 Å². The molecule has 0 radical (unpaired) electrons. The van der Waals surface area contributed by atoms with Crippen molar-refractivity contribution < 1.29 is 4.79 Å². The van der Waals surface area contributed by atoms with E-state index in [0.29, 0.717) is 6.54 Å². The zero-order chi connectivity index (χ0) is 13.6. The van der Waals surface area contributed by atoms with Crippen molar-refractivity contribution in [2.45, 2.75) is 39.0 Å². The lowest BCUT2D eigenvalue weighted by molar-refractivity contribution is -0.133. The molecule has 0 spiro atoms. The smallest absolute Gasteiger partial charge is 0.226 e. The van der Waals surface area contributed by atoms with E-state index < -0.39 is 0 Å². The lowest BCUT2D eigenvalue weighted by atomic mass is 9.74. The molecule has 0 aliphatic carbocycles. The van der Waals surface area contributed by atoms with Crippen molar-refractivity contribution in [1.29, 1.82) is 0 Å². The fourth-order valence-electron chi connectivity index (χ4n) is 2.89. The van der Waals surface area contributed by atoms with Crippen LogP contribution < -0.4 is 10.6 Å². The van der Waals surface area contributed by atoms with Gasteiger partial charge in [0.25, 0.3) is 0 Å². The molecule has 1 saturated heterocycles. The second kappa shape index (κ2) is 6.70. The molecule has 3 N–H and O–H groups in total. The number of imidazole rings is 1. The van der Waals surface area contributed by atoms with Crippen molar-refractivity contribution in [3.63, 3.8) is 0 Å². The van der Waals surface area contributed by atoms with Crippen molar-refractivity contribution in [3.05, 3.63) is 18.2 Å². The topological polar surface area (TPSA) is 69.8 Å². The number of amides is 1. The minimum absolute atomic E-state index is 0.145. The van der Waals surface area contributed by atoms with Crippen molar-refractivity contribution in [1.82, 2.24) is 20.6 Å². The number of aromatic nitrogens is 2. The van der Waals surface area contributed by atoms with Crippen molar-refractivity contribution >= 4 is 5.91 Å². The largest absolute Gasteiger partial charge is 0.355 e. The Hall–Kier alpha value is -1.36. The monoisotopic (exact) mass is 264 g/mol. The van der Waals surface area contributed by atoms with Crippen LogP contribution in [0.1, 0.15) is 38.3 Å². The van der Waals surface area contributed by atoms with Gasteiger partial charge in [-0.1, -0.05) is 13.3 Å². The standard InChI is InChI=1S/C14H24N4O/c1-2-4-14(5-8-15-9-6-14)13(19)17-7-3-12-10-16-11-18-12/h10-11,15H,2-9H2,1H3,(H,16,18)(H,17,19). The summed E-state index contributed by atoms with van der Waals surface area (Å²) in [5.74, 6) is 0.232. The predicted octanol–water partition coefficient (Wildman–Crippen LogP) is 1.24. The van der Waals surface area contributed by atoms with Gasteiger partial charge in [0.2, 0.25) is 5.91 Å². The maximum Gasteiger partial charge on any atom is 0.226 e. The molecule has 1 aromatic heterocycles. The van der Waals surface area contributed by atoms with E-state index in [0.717, 1.165) is 50.9 Å². The van der Waals surface area contributed by atoms with Crippen LogP contribution in [0.15, 0.2) is 12.5 Å². The second-order valence-corrected chi connectivity index (χ2v) is 5.36. The van der Waals surface area contributed by atoms with Crippen molar-refractivity contribution in [2.75, 3.05) is 19.6 Å². The molecule has 2 rings (SSSR count). The maximum absolute atomic E-state index is 12.5. The number of aromatic amines is 1. The van der Waals surface area contributed by atoms with Crippen molar-refractivity contribution in [2.24, 2.45) is 5.41 Å². The fraction of sp³-hybridized carbons (Fsp3) is 0.714. The molecule has 1 aliphatic heterocycles. The van der Waals surface area contributed by atoms with E-state index in [4.69, 9.17) is 0 Å². The van der Waals surface area contributed by atoms with E-state index in [9.17, 15) is 4.79 Å². The highest BCUT2D eigenvalue weighted by molar-refractivity contribution is 5.82. The third-order valence-corrected chi connectivity index (χ3v) is 4.01. The fourth-order valence-corrected chi connectivity index (χ4v) is 2.89. The van der Waals surface area contributed by atoms with E-state index in [2.05, 4.69) is 27.5 Å². The van der Waals surface area contributed by atoms with Gasteiger partial charge in [-0.3, -0.25) is 4.79 Å². The Kier molecular flexibility index (Phi) is 4.96. The molecule has 0 aromatic carbocycles. The summed E-state index contributed by atoms with van der Waals surface area (Å²) in [6.45, 7) is 4.74. The highest BCUT2D eigenvalue weighted by Crippen LogP contribution is 2.34. The molecule has 0 saturated carbocycles. The molecule has 5 heteroatoms. The molecule has 1 fully saturated rings. The molecule has 0 bridgehead atoms. The number of hydrogen-bond donors (Lipinski definition) is 3. The Balaban J connectivity index is 1.85. The van der Waals surface area contributed by atoms with Gasteiger partial charge in [-0.2, -0.15) is 0 Å². The van der Waals surface area contributed by atoms with Crippen molar-refractivity contribution in [3.8, 4) is 0 Å². The van der Waals surface area contributed by atoms with Crippen LogP contribution in [0.2, 0.25) is 0 Å². The Labute approximate surface area is 114 Å². The first-order valence-electron chi connectivity index (χ1n) is 7.23. The van der Waals surface area contributed by atoms with Gasteiger partial charge in [0.05, 0.1) is 11.7 Å². The molecule has 106 valence electrons. The minimum atomic E-state index is -0.145. The van der Waals surface area contributed by atoms with Gasteiger partial charge in [-0.05, 0) is 32.4 Å². The number of piperidine rings is 1. The van der Waals surface area contributed by atoms with Crippen LogP contribution in [-0.2, 0) is 11.2 Å². The molecule has 0 atom stereocenters. The van der Waals surface area contributed by atoms with Crippen LogP contribution >= 0.6 is 0 Å². The summed E-state index contributed by atoms with van der Waals surface area (Å²) in [5.41, 5.74) is 0.920. The summed E-state index contributed by atoms with van der Waals surface area (Å²) in [6, 6.07) is 0. The lowest BCUT2D eigenvalue weighted by Crippen LogP contribution is -2.48. The van der Waals surface area contributed by atoms with Gasteiger partial charge < -0.3 is 15.6 Å². The van der Waals surface area contributed by atoms with Crippen LogP contribution in [-0.4, -0.2) is 35.5 Å². The molecular weight excluding hydrogens is 240 g/mol. The first-order chi connectivity index (χ1) is 9.27. The SMILES string of the molecule is CCCC1(C(=O)NCCc2cnc[nH]2)CCNCC1. The molecule has 1 aromatic rings. The van der Waals surface area contributed by atoms with Crippen LogP contribution in [0.4, 0.5) is 0 Å². The molecule has 5 nitrogen and oxygen atoms in total. The Morgan fingerprint density at radius 2 is 2.26 bits per heavy atom. The highest BCUT2D eigenvalue weighted by Gasteiger charge is 2.38. The molecular formula is C14H24N4O. The minimum Gasteiger partial charge on any atom is -0.355 e. The van der Waals surface area contributed by atoms with Crippen LogP contribution in [0, 0.1) is 5.41 Å². The summed E-state index contributed by atoms with van der Waals surface area (Å²) in [5, 5.41) is 6.44. The van der Waals surface area contributed by atoms with Crippen LogP contribution in [0.5, 0.6) is 0 Å². The van der Waals surface area contributed by atoms with Crippen LogP contribution in [0.3, 0.4) is 0 Å². The number of carbonyl (C=O) groups excluding carboxylic acids is 1. The summed E-state index contributed by atoms with van der Waals surface area (Å²) < 4.78 is 0. The highest BCUT2D eigenvalue weighted by atomic mass is 16.2. The quantitative estimate of drug-likeness (QED) is 0.724. The number of rotatable bonds is 6. The normalized spacial score (nSPS) is 18.2. The average molecular weight is 264 g/mol. The number of carbonyl (C=O) groups is 1. The molecule has 0 unspecified atom stereocenters. The van der Waals surface area contributed by atoms with E-state index in [1.807, 2.05) is 0 Å². The predicted molar refractivity (Wildman–Crippen MR) is 74.7 cm³/mol. The third kappa shape index (κ3) is 3.56. The molecule has 19 heavy (non-hydrogen) atoms. The zero-order valence-corrected chi connectivity index (χ0v) is 11.7. The Morgan fingerprint density at radius 3 is 2.89 bits per heavy atom. The van der Waals surface area contributed by atoms with E-state index in [1.165, 1.54) is 0 Å². The van der Waals surface area contributed by atoms with Crippen LogP contribution in [0.25, 0.3) is 0 Å². The van der Waals surface area contributed by atoms with Gasteiger partial charge in [0, 0.05) is 24.9 Å². The summed E-state index contributed by atoms with van der Waals surface area (Å²) in [7, 11) is 0. The third-order valence-electron chi connectivity index (χ3n) is 4.01.